The lowest BCUT2D eigenvalue weighted by atomic mass is 10.2. The minimum atomic E-state index is 0.635. The molecule has 0 aliphatic rings. The van der Waals surface area contributed by atoms with E-state index in [0.29, 0.717) is 5.16 Å². The van der Waals surface area contributed by atoms with Crippen LogP contribution in [0.2, 0.25) is 0 Å². The standard InChI is InChI=1S/C12H18N6S/c1-5-9-10(6-2)15-16-11(13-9)19-12-17-14-8(4)18(12)7-3/h5-7H2,1-4H3. The van der Waals surface area contributed by atoms with Gasteiger partial charge in [0, 0.05) is 6.54 Å². The summed E-state index contributed by atoms with van der Waals surface area (Å²) in [5.41, 5.74) is 1.99. The fourth-order valence-electron chi connectivity index (χ4n) is 1.85. The van der Waals surface area contributed by atoms with Crippen molar-refractivity contribution in [1.29, 1.82) is 0 Å². The van der Waals surface area contributed by atoms with Crippen LogP contribution in [0, 0.1) is 6.92 Å². The number of nitrogens with zero attached hydrogens (tertiary/aromatic N) is 6. The zero-order chi connectivity index (χ0) is 13.8. The van der Waals surface area contributed by atoms with Crippen molar-refractivity contribution < 1.29 is 0 Å². The summed E-state index contributed by atoms with van der Waals surface area (Å²) in [5.74, 6) is 0.902. The number of aromatic nitrogens is 6. The molecule has 0 amide bonds. The lowest BCUT2D eigenvalue weighted by Crippen LogP contribution is -2.05. The average Bonchev–Trinajstić information content (AvgIpc) is 2.78. The Kier molecular flexibility index (Phi) is 4.47. The normalized spacial score (nSPS) is 10.9. The third kappa shape index (κ3) is 2.91. The van der Waals surface area contributed by atoms with Gasteiger partial charge >= 0.3 is 0 Å². The molecule has 0 aliphatic carbocycles. The number of rotatable bonds is 5. The van der Waals surface area contributed by atoms with Crippen molar-refractivity contribution in [2.75, 3.05) is 0 Å². The van der Waals surface area contributed by atoms with Crippen LogP contribution in [0.1, 0.15) is 38.0 Å². The minimum Gasteiger partial charge on any atom is -0.306 e. The van der Waals surface area contributed by atoms with Crippen LogP contribution in [0.15, 0.2) is 10.3 Å². The predicted molar refractivity (Wildman–Crippen MR) is 73.1 cm³/mol. The third-order valence-electron chi connectivity index (χ3n) is 2.89. The van der Waals surface area contributed by atoms with Gasteiger partial charge in [0.15, 0.2) is 5.16 Å². The SMILES string of the molecule is CCc1nnc(Sc2nnc(C)n2CC)nc1CC. The molecule has 2 aromatic rings. The summed E-state index contributed by atoms with van der Waals surface area (Å²) in [4.78, 5) is 4.55. The zero-order valence-corrected chi connectivity index (χ0v) is 12.5. The van der Waals surface area contributed by atoms with Crippen molar-refractivity contribution in [2.45, 2.75) is 57.4 Å². The Labute approximate surface area is 117 Å². The first-order valence-electron chi connectivity index (χ1n) is 6.49. The maximum absolute atomic E-state index is 4.55. The highest BCUT2D eigenvalue weighted by Crippen LogP contribution is 2.23. The molecule has 0 aromatic carbocycles. The van der Waals surface area contributed by atoms with Gasteiger partial charge in [-0.25, -0.2) is 4.98 Å². The second-order valence-electron chi connectivity index (χ2n) is 4.07. The van der Waals surface area contributed by atoms with Gasteiger partial charge in [-0.15, -0.1) is 15.3 Å². The molecule has 2 heterocycles. The van der Waals surface area contributed by atoms with Crippen molar-refractivity contribution in [3.8, 4) is 0 Å². The number of aryl methyl sites for hydroxylation is 3. The Morgan fingerprint density at radius 3 is 2.32 bits per heavy atom. The third-order valence-corrected chi connectivity index (χ3v) is 3.73. The summed E-state index contributed by atoms with van der Waals surface area (Å²) < 4.78 is 2.04. The van der Waals surface area contributed by atoms with E-state index in [1.165, 1.54) is 11.8 Å². The van der Waals surface area contributed by atoms with Crippen LogP contribution in [-0.2, 0) is 19.4 Å². The fraction of sp³-hybridized carbons (Fsp3) is 0.583. The summed E-state index contributed by atoms with van der Waals surface area (Å²) in [6.45, 7) is 8.99. The van der Waals surface area contributed by atoms with Crippen molar-refractivity contribution in [3.63, 3.8) is 0 Å². The van der Waals surface area contributed by atoms with E-state index in [-0.39, 0.29) is 0 Å². The lowest BCUT2D eigenvalue weighted by Gasteiger charge is -2.06. The Morgan fingerprint density at radius 1 is 0.947 bits per heavy atom. The molecule has 0 spiro atoms. The van der Waals surface area contributed by atoms with E-state index < -0.39 is 0 Å². The van der Waals surface area contributed by atoms with Crippen LogP contribution >= 0.6 is 11.8 Å². The van der Waals surface area contributed by atoms with Gasteiger partial charge in [-0.05, 0) is 38.5 Å². The van der Waals surface area contributed by atoms with Crippen LogP contribution in [0.3, 0.4) is 0 Å². The lowest BCUT2D eigenvalue weighted by molar-refractivity contribution is 0.658. The van der Waals surface area contributed by atoms with Crippen LogP contribution in [0.4, 0.5) is 0 Å². The zero-order valence-electron chi connectivity index (χ0n) is 11.7. The molecule has 0 aliphatic heterocycles. The molecular formula is C12H18N6S. The molecule has 0 saturated heterocycles. The first-order chi connectivity index (χ1) is 9.19. The Balaban J connectivity index is 2.28. The first kappa shape index (κ1) is 13.9. The van der Waals surface area contributed by atoms with Crippen molar-refractivity contribution in [2.24, 2.45) is 0 Å². The van der Waals surface area contributed by atoms with Crippen molar-refractivity contribution >= 4 is 11.8 Å². The number of hydrogen-bond acceptors (Lipinski definition) is 6. The minimum absolute atomic E-state index is 0.635. The summed E-state index contributed by atoms with van der Waals surface area (Å²) in [7, 11) is 0. The molecule has 0 unspecified atom stereocenters. The summed E-state index contributed by atoms with van der Waals surface area (Å²) in [6, 6.07) is 0. The van der Waals surface area contributed by atoms with E-state index >= 15 is 0 Å². The predicted octanol–water partition coefficient (Wildman–Crippen LogP) is 2.07. The first-order valence-corrected chi connectivity index (χ1v) is 7.31. The van der Waals surface area contributed by atoms with Gasteiger partial charge in [0.05, 0.1) is 11.4 Å². The second-order valence-corrected chi connectivity index (χ2v) is 5.01. The molecule has 0 saturated carbocycles. The molecule has 19 heavy (non-hydrogen) atoms. The number of hydrogen-bond donors (Lipinski definition) is 0. The van der Waals surface area contributed by atoms with E-state index in [4.69, 9.17) is 0 Å². The highest BCUT2D eigenvalue weighted by atomic mass is 32.2. The molecule has 2 aromatic heterocycles. The summed E-state index contributed by atoms with van der Waals surface area (Å²) in [5, 5.41) is 18.1. The van der Waals surface area contributed by atoms with E-state index in [1.54, 1.807) is 0 Å². The van der Waals surface area contributed by atoms with Gasteiger partial charge in [-0.1, -0.05) is 13.8 Å². The highest BCUT2D eigenvalue weighted by molar-refractivity contribution is 7.99. The molecule has 2 rings (SSSR count). The van der Waals surface area contributed by atoms with Crippen LogP contribution in [-0.4, -0.2) is 29.9 Å². The molecule has 0 fully saturated rings. The topological polar surface area (TPSA) is 69.4 Å². The second kappa shape index (κ2) is 6.10. The largest absolute Gasteiger partial charge is 0.306 e. The van der Waals surface area contributed by atoms with Gasteiger partial charge in [-0.2, -0.15) is 5.10 Å². The van der Waals surface area contributed by atoms with Gasteiger partial charge in [-0.3, -0.25) is 0 Å². The van der Waals surface area contributed by atoms with E-state index in [0.717, 1.165) is 41.8 Å². The van der Waals surface area contributed by atoms with E-state index in [2.05, 4.69) is 46.1 Å². The monoisotopic (exact) mass is 278 g/mol. The molecule has 7 heteroatoms. The van der Waals surface area contributed by atoms with Gasteiger partial charge < -0.3 is 4.57 Å². The fourth-order valence-corrected chi connectivity index (χ4v) is 2.70. The molecule has 0 bridgehead atoms. The maximum Gasteiger partial charge on any atom is 0.217 e. The molecule has 6 nitrogen and oxygen atoms in total. The van der Waals surface area contributed by atoms with Gasteiger partial charge in [0.25, 0.3) is 0 Å². The van der Waals surface area contributed by atoms with Gasteiger partial charge in [0.1, 0.15) is 5.82 Å². The van der Waals surface area contributed by atoms with Crippen molar-refractivity contribution in [3.05, 3.63) is 17.2 Å². The van der Waals surface area contributed by atoms with E-state index in [1.807, 2.05) is 11.5 Å². The molecular weight excluding hydrogens is 260 g/mol. The highest BCUT2D eigenvalue weighted by Gasteiger charge is 2.13. The molecule has 0 N–H and O–H groups in total. The maximum atomic E-state index is 4.55. The Bertz CT molecular complexity index is 565. The average molecular weight is 278 g/mol. The van der Waals surface area contributed by atoms with Crippen molar-refractivity contribution in [1.82, 2.24) is 29.9 Å². The van der Waals surface area contributed by atoms with Crippen LogP contribution in [0.25, 0.3) is 0 Å². The smallest absolute Gasteiger partial charge is 0.217 e. The molecule has 0 atom stereocenters. The molecule has 102 valence electrons. The van der Waals surface area contributed by atoms with Crippen LogP contribution < -0.4 is 0 Å². The Hall–Kier alpha value is -1.50. The van der Waals surface area contributed by atoms with Crippen LogP contribution in [0.5, 0.6) is 0 Å². The Morgan fingerprint density at radius 2 is 1.68 bits per heavy atom. The summed E-state index contributed by atoms with van der Waals surface area (Å²) >= 11 is 1.41. The van der Waals surface area contributed by atoms with E-state index in [9.17, 15) is 0 Å². The quantitative estimate of drug-likeness (QED) is 0.834. The summed E-state index contributed by atoms with van der Waals surface area (Å²) in [6.07, 6.45) is 1.73. The van der Waals surface area contributed by atoms with Gasteiger partial charge in [0.2, 0.25) is 5.16 Å². The molecule has 0 radical (unpaired) electrons.